The molecule has 0 bridgehead atoms. The SMILES string of the molecule is CCc1noc(C)c1CN1CCC[C@H](N(Cc2cncnc2)C(C)=O)CC1. The molecule has 1 saturated heterocycles. The second-order valence-corrected chi connectivity index (χ2v) is 7.27. The van der Waals surface area contributed by atoms with E-state index in [0.717, 1.165) is 62.3 Å². The van der Waals surface area contributed by atoms with Crippen LogP contribution in [0.1, 0.15) is 55.7 Å². The predicted octanol–water partition coefficient (Wildman–Crippen LogP) is 2.74. The number of aryl methyl sites for hydroxylation is 2. The van der Waals surface area contributed by atoms with Gasteiger partial charge in [-0.25, -0.2) is 9.97 Å². The van der Waals surface area contributed by atoms with Gasteiger partial charge in [-0.2, -0.15) is 0 Å². The number of nitrogens with zero attached hydrogens (tertiary/aromatic N) is 5. The summed E-state index contributed by atoms with van der Waals surface area (Å²) in [7, 11) is 0. The fraction of sp³-hybridized carbons (Fsp3) is 0.600. The third kappa shape index (κ3) is 4.91. The summed E-state index contributed by atoms with van der Waals surface area (Å²) in [5.41, 5.74) is 3.25. The molecule has 7 nitrogen and oxygen atoms in total. The Labute approximate surface area is 160 Å². The second-order valence-electron chi connectivity index (χ2n) is 7.27. The molecular weight excluding hydrogens is 342 g/mol. The fourth-order valence-corrected chi connectivity index (χ4v) is 3.85. The molecular formula is C20H29N5O2. The first-order valence-electron chi connectivity index (χ1n) is 9.76. The lowest BCUT2D eigenvalue weighted by atomic mass is 10.1. The van der Waals surface area contributed by atoms with E-state index in [2.05, 4.69) is 26.9 Å². The number of carbonyl (C=O) groups excluding carboxylic acids is 1. The van der Waals surface area contributed by atoms with Crippen molar-refractivity contribution in [3.8, 4) is 0 Å². The van der Waals surface area contributed by atoms with E-state index in [0.29, 0.717) is 6.54 Å². The van der Waals surface area contributed by atoms with E-state index >= 15 is 0 Å². The van der Waals surface area contributed by atoms with Crippen LogP contribution in [-0.4, -0.2) is 50.0 Å². The van der Waals surface area contributed by atoms with Crippen molar-refractivity contribution in [1.82, 2.24) is 24.9 Å². The Hall–Kier alpha value is -2.28. The predicted molar refractivity (Wildman–Crippen MR) is 102 cm³/mol. The van der Waals surface area contributed by atoms with Crippen molar-refractivity contribution in [2.24, 2.45) is 0 Å². The summed E-state index contributed by atoms with van der Waals surface area (Å²) in [5, 5.41) is 4.17. The van der Waals surface area contributed by atoms with Gasteiger partial charge in [0.25, 0.3) is 0 Å². The van der Waals surface area contributed by atoms with Gasteiger partial charge in [-0.1, -0.05) is 12.1 Å². The molecule has 0 aromatic carbocycles. The average Bonchev–Trinajstić information content (AvgIpc) is 2.87. The summed E-state index contributed by atoms with van der Waals surface area (Å²) < 4.78 is 5.38. The van der Waals surface area contributed by atoms with Crippen molar-refractivity contribution in [2.45, 2.75) is 65.6 Å². The highest BCUT2D eigenvalue weighted by Gasteiger charge is 2.26. The normalized spacial score (nSPS) is 18.3. The van der Waals surface area contributed by atoms with E-state index in [1.807, 2.05) is 11.8 Å². The molecule has 1 amide bonds. The van der Waals surface area contributed by atoms with Crippen LogP contribution in [0.2, 0.25) is 0 Å². The minimum atomic E-state index is 0.112. The molecule has 27 heavy (non-hydrogen) atoms. The molecule has 0 unspecified atom stereocenters. The van der Waals surface area contributed by atoms with Crippen molar-refractivity contribution in [1.29, 1.82) is 0 Å². The number of hydrogen-bond donors (Lipinski definition) is 0. The van der Waals surface area contributed by atoms with Gasteiger partial charge in [-0.15, -0.1) is 0 Å². The molecule has 7 heteroatoms. The van der Waals surface area contributed by atoms with Crippen molar-refractivity contribution in [3.63, 3.8) is 0 Å². The highest BCUT2D eigenvalue weighted by atomic mass is 16.5. The summed E-state index contributed by atoms with van der Waals surface area (Å²) in [6, 6.07) is 0.252. The lowest BCUT2D eigenvalue weighted by Gasteiger charge is -2.30. The van der Waals surface area contributed by atoms with Crippen molar-refractivity contribution in [3.05, 3.63) is 41.3 Å². The molecule has 0 radical (unpaired) electrons. The van der Waals surface area contributed by atoms with E-state index < -0.39 is 0 Å². The third-order valence-corrected chi connectivity index (χ3v) is 5.39. The number of likely N-dealkylation sites (tertiary alicyclic amines) is 1. The third-order valence-electron chi connectivity index (χ3n) is 5.39. The van der Waals surface area contributed by atoms with Gasteiger partial charge in [-0.3, -0.25) is 9.69 Å². The van der Waals surface area contributed by atoms with Crippen LogP contribution in [-0.2, 0) is 24.3 Å². The standard InChI is InChI=1S/C20H29N5O2/c1-4-20-19(15(2)27-23-20)13-24-8-5-6-18(7-9-24)25(16(3)26)12-17-10-21-14-22-11-17/h10-11,14,18H,4-9,12-13H2,1-3H3/t18-/m0/s1. The molecule has 1 aliphatic rings. The van der Waals surface area contributed by atoms with Gasteiger partial charge in [0.2, 0.25) is 5.91 Å². The summed E-state index contributed by atoms with van der Waals surface area (Å²) in [6.07, 6.45) is 9.04. The monoisotopic (exact) mass is 371 g/mol. The maximum Gasteiger partial charge on any atom is 0.219 e. The molecule has 3 heterocycles. The smallest absolute Gasteiger partial charge is 0.219 e. The van der Waals surface area contributed by atoms with Crippen LogP contribution in [0, 0.1) is 6.92 Å². The maximum atomic E-state index is 12.3. The van der Waals surface area contributed by atoms with E-state index in [-0.39, 0.29) is 11.9 Å². The number of hydrogen-bond acceptors (Lipinski definition) is 6. The molecule has 0 spiro atoms. The molecule has 146 valence electrons. The van der Waals surface area contributed by atoms with Crippen LogP contribution in [0.5, 0.6) is 0 Å². The number of carbonyl (C=O) groups is 1. The van der Waals surface area contributed by atoms with Gasteiger partial charge in [0.05, 0.1) is 5.69 Å². The van der Waals surface area contributed by atoms with E-state index in [9.17, 15) is 4.79 Å². The first-order chi connectivity index (χ1) is 13.1. The van der Waals surface area contributed by atoms with Crippen molar-refractivity contribution < 1.29 is 9.32 Å². The second kappa shape index (κ2) is 9.08. The topological polar surface area (TPSA) is 75.4 Å². The zero-order valence-electron chi connectivity index (χ0n) is 16.5. The van der Waals surface area contributed by atoms with Gasteiger partial charge in [0.1, 0.15) is 12.1 Å². The molecule has 1 atom stereocenters. The number of amides is 1. The molecule has 0 saturated carbocycles. The molecule has 1 aliphatic heterocycles. The summed E-state index contributed by atoms with van der Waals surface area (Å²) >= 11 is 0. The first-order valence-corrected chi connectivity index (χ1v) is 9.76. The summed E-state index contributed by atoms with van der Waals surface area (Å²) in [4.78, 5) is 24.8. The maximum absolute atomic E-state index is 12.3. The van der Waals surface area contributed by atoms with Crippen LogP contribution in [0.4, 0.5) is 0 Å². The zero-order chi connectivity index (χ0) is 19.2. The minimum absolute atomic E-state index is 0.112. The lowest BCUT2D eigenvalue weighted by Crippen LogP contribution is -2.39. The Morgan fingerprint density at radius 2 is 2.07 bits per heavy atom. The highest BCUT2D eigenvalue weighted by Crippen LogP contribution is 2.22. The Kier molecular flexibility index (Phi) is 6.55. The summed E-state index contributed by atoms with van der Waals surface area (Å²) in [6.45, 7) is 9.20. The van der Waals surface area contributed by atoms with Crippen LogP contribution in [0.3, 0.4) is 0 Å². The quantitative estimate of drug-likeness (QED) is 0.777. The first kappa shape index (κ1) is 19.5. The lowest BCUT2D eigenvalue weighted by molar-refractivity contribution is -0.132. The van der Waals surface area contributed by atoms with Gasteiger partial charge < -0.3 is 9.42 Å². The minimum Gasteiger partial charge on any atom is -0.361 e. The fourth-order valence-electron chi connectivity index (χ4n) is 3.85. The number of rotatable bonds is 6. The van der Waals surface area contributed by atoms with Gasteiger partial charge in [0.15, 0.2) is 0 Å². The Morgan fingerprint density at radius 1 is 1.30 bits per heavy atom. The van der Waals surface area contributed by atoms with Crippen molar-refractivity contribution >= 4 is 5.91 Å². The Morgan fingerprint density at radius 3 is 2.78 bits per heavy atom. The molecule has 0 N–H and O–H groups in total. The Bertz CT molecular complexity index is 746. The van der Waals surface area contributed by atoms with Gasteiger partial charge >= 0.3 is 0 Å². The van der Waals surface area contributed by atoms with Crippen LogP contribution >= 0.6 is 0 Å². The molecule has 2 aromatic rings. The van der Waals surface area contributed by atoms with E-state index in [1.165, 1.54) is 11.9 Å². The zero-order valence-corrected chi connectivity index (χ0v) is 16.5. The van der Waals surface area contributed by atoms with Crippen LogP contribution < -0.4 is 0 Å². The van der Waals surface area contributed by atoms with Crippen molar-refractivity contribution in [2.75, 3.05) is 13.1 Å². The van der Waals surface area contributed by atoms with E-state index in [4.69, 9.17) is 4.52 Å². The average molecular weight is 371 g/mol. The molecule has 0 aliphatic carbocycles. The largest absolute Gasteiger partial charge is 0.361 e. The van der Waals surface area contributed by atoms with Crippen LogP contribution in [0.25, 0.3) is 0 Å². The van der Waals surface area contributed by atoms with Gasteiger partial charge in [-0.05, 0) is 39.2 Å². The summed E-state index contributed by atoms with van der Waals surface area (Å²) in [5.74, 6) is 1.03. The molecule has 2 aromatic heterocycles. The van der Waals surface area contributed by atoms with Crippen LogP contribution in [0.15, 0.2) is 23.2 Å². The molecule has 3 rings (SSSR count). The number of aromatic nitrogens is 3. The Balaban J connectivity index is 1.64. The highest BCUT2D eigenvalue weighted by molar-refractivity contribution is 5.73. The molecule has 1 fully saturated rings. The van der Waals surface area contributed by atoms with E-state index in [1.54, 1.807) is 19.3 Å². The van der Waals surface area contributed by atoms with Gasteiger partial charge in [0, 0.05) is 56.1 Å².